The Bertz CT molecular complexity index is 3800. The number of fused-ring (bicyclic) bond motifs is 6. The second kappa shape index (κ2) is 16.1. The quantitative estimate of drug-likeness (QED) is 0.144. The Morgan fingerprint density at radius 2 is 0.725 bits per heavy atom. The number of anilines is 6. The number of para-hydroxylation sites is 4. The minimum Gasteiger partial charge on any atom is -0.436 e. The van der Waals surface area contributed by atoms with Crippen molar-refractivity contribution in [3.05, 3.63) is 242 Å². The zero-order valence-corrected chi connectivity index (χ0v) is 38.0. The highest BCUT2D eigenvalue weighted by Gasteiger charge is 2.37. The van der Waals surface area contributed by atoms with Gasteiger partial charge >= 0.3 is 0 Å². The summed E-state index contributed by atoms with van der Waals surface area (Å²) in [5.41, 5.74) is 18.6. The lowest BCUT2D eigenvalue weighted by atomic mass is 9.82. The zero-order chi connectivity index (χ0) is 46.1. The highest BCUT2D eigenvalue weighted by Crippen LogP contribution is 2.53. The molecular formula is C63H44N4O2. The molecule has 0 unspecified atom stereocenters. The maximum absolute atomic E-state index is 6.17. The van der Waals surface area contributed by atoms with Crippen molar-refractivity contribution in [1.82, 2.24) is 9.97 Å². The largest absolute Gasteiger partial charge is 0.436 e. The first-order valence-electron chi connectivity index (χ1n) is 23.4. The average Bonchev–Trinajstić information content (AvgIpc) is 4.10. The second-order valence-electron chi connectivity index (χ2n) is 18.3. The van der Waals surface area contributed by atoms with Gasteiger partial charge in [0, 0.05) is 50.7 Å². The van der Waals surface area contributed by atoms with Gasteiger partial charge in [0.25, 0.3) is 0 Å². The molecule has 0 aliphatic heterocycles. The van der Waals surface area contributed by atoms with E-state index in [1.54, 1.807) is 0 Å². The molecule has 6 nitrogen and oxygen atoms in total. The van der Waals surface area contributed by atoms with E-state index in [1.165, 1.54) is 44.2 Å². The molecule has 0 fully saturated rings. The molecule has 2 heterocycles. The number of aromatic nitrogens is 2. The molecule has 69 heavy (non-hydrogen) atoms. The Balaban J connectivity index is 0.886. The van der Waals surface area contributed by atoms with Gasteiger partial charge < -0.3 is 18.6 Å². The summed E-state index contributed by atoms with van der Waals surface area (Å²) in [6.07, 6.45) is 0. The molecule has 2 aromatic heterocycles. The maximum Gasteiger partial charge on any atom is 0.227 e. The van der Waals surface area contributed by atoms with E-state index in [2.05, 4.69) is 206 Å². The van der Waals surface area contributed by atoms with Gasteiger partial charge in [-0.3, -0.25) is 0 Å². The molecule has 0 spiro atoms. The number of hydrogen-bond acceptors (Lipinski definition) is 6. The molecule has 12 aromatic rings. The van der Waals surface area contributed by atoms with Crippen LogP contribution in [0.4, 0.5) is 34.1 Å². The molecule has 0 N–H and O–H groups in total. The molecule has 0 radical (unpaired) electrons. The predicted molar refractivity (Wildman–Crippen MR) is 282 cm³/mol. The van der Waals surface area contributed by atoms with Gasteiger partial charge in [-0.15, -0.1) is 0 Å². The first-order chi connectivity index (χ1) is 33.9. The standard InChI is InChI=1S/C63H44N4O2/c1-63(2)55-39-51(66(47-27-20-43(21-28-47)41-12-4-3-5-13-41)48-29-23-44(24-30-48)61-64-57-16-8-10-18-59(57)68-61)34-36-53(55)54-37-35-52(40-56(54)63)67(50-33-22-42-14-6-7-15-46(42)38-50)49-31-25-45(26-32-49)62-65-58-17-9-11-19-60(58)69-62/h3-40H,1-2H3. The number of nitrogens with zero attached hydrogens (tertiary/aromatic N) is 4. The van der Waals surface area contributed by atoms with E-state index in [4.69, 9.17) is 18.8 Å². The number of benzene rings is 10. The summed E-state index contributed by atoms with van der Waals surface area (Å²) in [5, 5.41) is 2.39. The molecule has 10 aromatic carbocycles. The maximum atomic E-state index is 6.17. The lowest BCUT2D eigenvalue weighted by Gasteiger charge is -2.29. The van der Waals surface area contributed by atoms with Crippen LogP contribution < -0.4 is 9.80 Å². The van der Waals surface area contributed by atoms with Crippen molar-refractivity contribution in [2.45, 2.75) is 19.3 Å². The summed E-state index contributed by atoms with van der Waals surface area (Å²) in [5.74, 6) is 1.21. The highest BCUT2D eigenvalue weighted by molar-refractivity contribution is 5.92. The third-order valence-corrected chi connectivity index (χ3v) is 13.7. The summed E-state index contributed by atoms with van der Waals surface area (Å²) >= 11 is 0. The van der Waals surface area contributed by atoms with Crippen LogP contribution in [0.5, 0.6) is 0 Å². The fourth-order valence-electron chi connectivity index (χ4n) is 10.1. The normalized spacial score (nSPS) is 12.6. The predicted octanol–water partition coefficient (Wildman–Crippen LogP) is 17.4. The molecule has 1 aliphatic carbocycles. The zero-order valence-electron chi connectivity index (χ0n) is 38.0. The fourth-order valence-corrected chi connectivity index (χ4v) is 10.1. The summed E-state index contributed by atoms with van der Waals surface area (Å²) in [6.45, 7) is 4.71. The van der Waals surface area contributed by atoms with E-state index in [-0.39, 0.29) is 5.41 Å². The SMILES string of the molecule is CC1(C)c2cc(N(c3ccc(-c4ccccc4)cc3)c3ccc(-c4nc5ccccc5o4)cc3)ccc2-c2ccc(N(c3ccc(-c4nc5ccccc5o4)cc3)c3ccc4ccccc4c3)cc21. The van der Waals surface area contributed by atoms with Crippen molar-refractivity contribution < 1.29 is 8.83 Å². The summed E-state index contributed by atoms with van der Waals surface area (Å²) in [7, 11) is 0. The molecule has 0 saturated carbocycles. The van der Waals surface area contributed by atoms with E-state index in [1.807, 2.05) is 48.5 Å². The van der Waals surface area contributed by atoms with Crippen LogP contribution in [0.2, 0.25) is 0 Å². The van der Waals surface area contributed by atoms with Gasteiger partial charge in [0.2, 0.25) is 11.8 Å². The molecular weight excluding hydrogens is 845 g/mol. The molecule has 13 rings (SSSR count). The molecule has 0 bridgehead atoms. The van der Waals surface area contributed by atoms with Crippen molar-refractivity contribution in [3.63, 3.8) is 0 Å². The molecule has 1 aliphatic rings. The van der Waals surface area contributed by atoms with Crippen molar-refractivity contribution >= 4 is 67.1 Å². The first kappa shape index (κ1) is 40.3. The van der Waals surface area contributed by atoms with Crippen molar-refractivity contribution in [2.75, 3.05) is 9.80 Å². The van der Waals surface area contributed by atoms with E-state index < -0.39 is 0 Å². The van der Waals surface area contributed by atoms with Gasteiger partial charge in [-0.25, -0.2) is 9.97 Å². The Morgan fingerprint density at radius 3 is 1.25 bits per heavy atom. The van der Waals surface area contributed by atoms with Gasteiger partial charge in [-0.05, 0) is 165 Å². The second-order valence-corrected chi connectivity index (χ2v) is 18.3. The Morgan fingerprint density at radius 1 is 0.333 bits per heavy atom. The van der Waals surface area contributed by atoms with Crippen LogP contribution in [0.25, 0.3) is 78.1 Å². The van der Waals surface area contributed by atoms with Gasteiger partial charge in [0.05, 0.1) is 0 Å². The van der Waals surface area contributed by atoms with Gasteiger partial charge in [-0.1, -0.05) is 123 Å². The van der Waals surface area contributed by atoms with Gasteiger partial charge in [-0.2, -0.15) is 0 Å². The molecule has 0 amide bonds. The fraction of sp³-hybridized carbons (Fsp3) is 0.0476. The minimum atomic E-state index is -0.317. The Kier molecular flexibility index (Phi) is 9.41. The molecule has 0 saturated heterocycles. The van der Waals surface area contributed by atoms with Crippen LogP contribution in [0, 0.1) is 0 Å². The van der Waals surface area contributed by atoms with Gasteiger partial charge in [0.15, 0.2) is 11.2 Å². The van der Waals surface area contributed by atoms with Crippen LogP contribution >= 0.6 is 0 Å². The minimum absolute atomic E-state index is 0.317. The number of rotatable bonds is 9. The number of oxazole rings is 2. The Hall–Kier alpha value is -9.00. The lowest BCUT2D eigenvalue weighted by molar-refractivity contribution is 0.619. The molecule has 328 valence electrons. The smallest absolute Gasteiger partial charge is 0.227 e. The van der Waals surface area contributed by atoms with E-state index >= 15 is 0 Å². The van der Waals surface area contributed by atoms with Crippen LogP contribution in [-0.2, 0) is 5.41 Å². The average molecular weight is 889 g/mol. The van der Waals surface area contributed by atoms with Crippen LogP contribution in [0.15, 0.2) is 239 Å². The van der Waals surface area contributed by atoms with Gasteiger partial charge in [0.1, 0.15) is 11.0 Å². The lowest BCUT2D eigenvalue weighted by Crippen LogP contribution is -2.17. The topological polar surface area (TPSA) is 58.5 Å². The summed E-state index contributed by atoms with van der Waals surface area (Å²) in [4.78, 5) is 14.3. The van der Waals surface area contributed by atoms with Crippen LogP contribution in [-0.4, -0.2) is 9.97 Å². The summed E-state index contributed by atoms with van der Waals surface area (Å²) < 4.78 is 12.3. The summed E-state index contributed by atoms with van der Waals surface area (Å²) in [6, 6.07) is 81.4. The van der Waals surface area contributed by atoms with Crippen molar-refractivity contribution in [1.29, 1.82) is 0 Å². The third-order valence-electron chi connectivity index (χ3n) is 13.7. The highest BCUT2D eigenvalue weighted by atomic mass is 16.4. The van der Waals surface area contributed by atoms with Crippen molar-refractivity contribution in [3.8, 4) is 45.2 Å². The van der Waals surface area contributed by atoms with E-state index in [0.717, 1.165) is 67.5 Å². The molecule has 6 heteroatoms. The monoisotopic (exact) mass is 888 g/mol. The third kappa shape index (κ3) is 7.04. The first-order valence-corrected chi connectivity index (χ1v) is 23.4. The van der Waals surface area contributed by atoms with Crippen molar-refractivity contribution in [2.24, 2.45) is 0 Å². The Labute approximate surface area is 400 Å². The van der Waals surface area contributed by atoms with E-state index in [0.29, 0.717) is 11.8 Å². The van der Waals surface area contributed by atoms with Crippen LogP contribution in [0.1, 0.15) is 25.0 Å². The molecule has 0 atom stereocenters. The van der Waals surface area contributed by atoms with Crippen LogP contribution in [0.3, 0.4) is 0 Å². The number of hydrogen-bond donors (Lipinski definition) is 0. The van der Waals surface area contributed by atoms with E-state index in [9.17, 15) is 0 Å².